The quantitative estimate of drug-likeness (QED) is 0.858. The summed E-state index contributed by atoms with van der Waals surface area (Å²) in [6, 6.07) is 7.43. The first kappa shape index (κ1) is 12.9. The van der Waals surface area contributed by atoms with Crippen molar-refractivity contribution in [3.05, 3.63) is 24.3 Å². The molecular formula is C14H20N2O2. The fraction of sp³-hybridized carbons (Fsp3) is 0.500. The Kier molecular flexibility index (Phi) is 3.87. The third kappa shape index (κ3) is 2.34. The van der Waals surface area contributed by atoms with Gasteiger partial charge in [0.1, 0.15) is 5.75 Å². The number of carbonyl (C=O) groups excluding carboxylic acids is 1. The van der Waals surface area contributed by atoms with E-state index in [1.807, 2.05) is 24.3 Å². The highest BCUT2D eigenvalue weighted by Crippen LogP contribution is 2.38. The van der Waals surface area contributed by atoms with E-state index >= 15 is 0 Å². The van der Waals surface area contributed by atoms with Crippen LogP contribution in [0.3, 0.4) is 0 Å². The van der Waals surface area contributed by atoms with Gasteiger partial charge in [0.2, 0.25) is 5.91 Å². The van der Waals surface area contributed by atoms with Crippen molar-refractivity contribution in [1.29, 1.82) is 0 Å². The lowest BCUT2D eigenvalue weighted by Gasteiger charge is -2.26. The third-order valence-corrected chi connectivity index (χ3v) is 3.79. The highest BCUT2D eigenvalue weighted by molar-refractivity contribution is 5.96. The van der Waals surface area contributed by atoms with Crippen LogP contribution in [0.25, 0.3) is 0 Å². The monoisotopic (exact) mass is 248 g/mol. The number of amides is 1. The maximum atomic E-state index is 12.4. The van der Waals surface area contributed by atoms with Crippen LogP contribution in [0, 0.1) is 5.41 Å². The average molecular weight is 248 g/mol. The number of anilines is 1. The number of benzene rings is 1. The topological polar surface area (TPSA) is 64.3 Å². The van der Waals surface area contributed by atoms with Crippen LogP contribution in [0.2, 0.25) is 0 Å². The third-order valence-electron chi connectivity index (χ3n) is 3.79. The van der Waals surface area contributed by atoms with Crippen molar-refractivity contribution < 1.29 is 9.53 Å². The lowest BCUT2D eigenvalue weighted by molar-refractivity contribution is -0.124. The lowest BCUT2D eigenvalue weighted by atomic mass is 9.85. The van der Waals surface area contributed by atoms with E-state index in [2.05, 4.69) is 5.32 Å². The van der Waals surface area contributed by atoms with Crippen LogP contribution in [-0.4, -0.2) is 19.6 Å². The van der Waals surface area contributed by atoms with Gasteiger partial charge in [-0.2, -0.15) is 0 Å². The van der Waals surface area contributed by atoms with Crippen LogP contribution in [0.1, 0.15) is 25.7 Å². The van der Waals surface area contributed by atoms with Crippen LogP contribution < -0.4 is 15.8 Å². The van der Waals surface area contributed by atoms with Crippen molar-refractivity contribution >= 4 is 11.6 Å². The summed E-state index contributed by atoms with van der Waals surface area (Å²) in [5, 5.41) is 2.95. The van der Waals surface area contributed by atoms with Gasteiger partial charge in [0, 0.05) is 6.54 Å². The summed E-state index contributed by atoms with van der Waals surface area (Å²) in [7, 11) is 1.60. The predicted octanol–water partition coefficient (Wildman–Crippen LogP) is 2.15. The van der Waals surface area contributed by atoms with Crippen molar-refractivity contribution in [2.75, 3.05) is 19.0 Å². The van der Waals surface area contributed by atoms with Crippen LogP contribution in [0.5, 0.6) is 5.75 Å². The molecule has 98 valence electrons. The molecule has 2 rings (SSSR count). The van der Waals surface area contributed by atoms with Gasteiger partial charge < -0.3 is 15.8 Å². The number of methoxy groups -OCH3 is 1. The molecule has 0 saturated heterocycles. The van der Waals surface area contributed by atoms with Crippen molar-refractivity contribution in [2.45, 2.75) is 25.7 Å². The maximum Gasteiger partial charge on any atom is 0.231 e. The Hall–Kier alpha value is -1.55. The van der Waals surface area contributed by atoms with E-state index in [1.54, 1.807) is 7.11 Å². The van der Waals surface area contributed by atoms with Crippen molar-refractivity contribution in [3.63, 3.8) is 0 Å². The van der Waals surface area contributed by atoms with Crippen LogP contribution in [0.15, 0.2) is 24.3 Å². The largest absolute Gasteiger partial charge is 0.495 e. The molecule has 1 fully saturated rings. The minimum atomic E-state index is -0.388. The van der Waals surface area contributed by atoms with Crippen LogP contribution in [0.4, 0.5) is 5.69 Å². The molecule has 4 heteroatoms. The molecule has 4 nitrogen and oxygen atoms in total. The summed E-state index contributed by atoms with van der Waals surface area (Å²) >= 11 is 0. The molecule has 0 spiro atoms. The maximum absolute atomic E-state index is 12.4. The standard InChI is InChI=1S/C14H20N2O2/c1-18-12-7-3-2-6-11(12)16-13(17)14(10-15)8-4-5-9-14/h2-3,6-7H,4-5,8-10,15H2,1H3,(H,16,17). The highest BCUT2D eigenvalue weighted by Gasteiger charge is 2.39. The minimum Gasteiger partial charge on any atom is -0.495 e. The molecule has 1 amide bonds. The molecule has 0 heterocycles. The molecule has 18 heavy (non-hydrogen) atoms. The van der Waals surface area contributed by atoms with E-state index < -0.39 is 0 Å². The highest BCUT2D eigenvalue weighted by atomic mass is 16.5. The number of carbonyl (C=O) groups is 1. The van der Waals surface area contributed by atoms with Crippen LogP contribution in [-0.2, 0) is 4.79 Å². The van der Waals surface area contributed by atoms with Gasteiger partial charge in [0.15, 0.2) is 0 Å². The molecule has 0 unspecified atom stereocenters. The molecular weight excluding hydrogens is 228 g/mol. The number of ether oxygens (including phenoxy) is 1. The first-order valence-corrected chi connectivity index (χ1v) is 6.36. The van der Waals surface area contributed by atoms with E-state index in [1.165, 1.54) is 0 Å². The van der Waals surface area contributed by atoms with Crippen LogP contribution >= 0.6 is 0 Å². The molecule has 1 aromatic rings. The van der Waals surface area contributed by atoms with Gasteiger partial charge in [0.25, 0.3) is 0 Å². The predicted molar refractivity (Wildman–Crippen MR) is 71.6 cm³/mol. The Bertz CT molecular complexity index is 426. The Morgan fingerprint density at radius 2 is 2.06 bits per heavy atom. The summed E-state index contributed by atoms with van der Waals surface area (Å²) in [5.74, 6) is 0.697. The molecule has 0 bridgehead atoms. The number of hydrogen-bond acceptors (Lipinski definition) is 3. The van der Waals surface area contributed by atoms with E-state index in [4.69, 9.17) is 10.5 Å². The molecule has 0 radical (unpaired) electrons. The van der Waals surface area contributed by atoms with E-state index in [-0.39, 0.29) is 11.3 Å². The summed E-state index contributed by atoms with van der Waals surface area (Å²) in [4.78, 5) is 12.4. The zero-order valence-electron chi connectivity index (χ0n) is 10.7. The molecule has 0 aromatic heterocycles. The Labute approximate surface area is 108 Å². The van der Waals surface area contributed by atoms with Crippen molar-refractivity contribution in [1.82, 2.24) is 0 Å². The number of nitrogens with two attached hydrogens (primary N) is 1. The summed E-state index contributed by atoms with van der Waals surface area (Å²) in [6.45, 7) is 0.411. The molecule has 3 N–H and O–H groups in total. The molecule has 1 aliphatic rings. The van der Waals surface area contributed by atoms with Gasteiger partial charge in [0.05, 0.1) is 18.2 Å². The first-order chi connectivity index (χ1) is 8.72. The fourth-order valence-corrected chi connectivity index (χ4v) is 2.58. The second-order valence-corrected chi connectivity index (χ2v) is 4.85. The number of nitrogens with one attached hydrogen (secondary N) is 1. The average Bonchev–Trinajstić information content (AvgIpc) is 2.89. The van der Waals surface area contributed by atoms with Crippen molar-refractivity contribution in [2.24, 2.45) is 11.1 Å². The van der Waals surface area contributed by atoms with Gasteiger partial charge in [-0.1, -0.05) is 25.0 Å². The zero-order chi connectivity index (χ0) is 13.0. The second kappa shape index (κ2) is 5.40. The first-order valence-electron chi connectivity index (χ1n) is 6.36. The Morgan fingerprint density at radius 3 is 2.67 bits per heavy atom. The van der Waals surface area contributed by atoms with Gasteiger partial charge >= 0.3 is 0 Å². The number of hydrogen-bond donors (Lipinski definition) is 2. The molecule has 1 aliphatic carbocycles. The molecule has 0 atom stereocenters. The second-order valence-electron chi connectivity index (χ2n) is 4.85. The van der Waals surface area contributed by atoms with Gasteiger partial charge in [-0.05, 0) is 25.0 Å². The summed E-state index contributed by atoms with van der Waals surface area (Å²) in [5.41, 5.74) is 6.13. The van der Waals surface area contributed by atoms with Gasteiger partial charge in [-0.15, -0.1) is 0 Å². The van der Waals surface area contributed by atoms with Crippen molar-refractivity contribution in [3.8, 4) is 5.75 Å². The number of rotatable bonds is 4. The van der Waals surface area contributed by atoms with E-state index in [9.17, 15) is 4.79 Å². The fourth-order valence-electron chi connectivity index (χ4n) is 2.58. The Morgan fingerprint density at radius 1 is 1.39 bits per heavy atom. The Balaban J connectivity index is 2.15. The molecule has 0 aliphatic heterocycles. The zero-order valence-corrected chi connectivity index (χ0v) is 10.7. The normalized spacial score (nSPS) is 17.4. The minimum absolute atomic E-state index is 0.0204. The smallest absolute Gasteiger partial charge is 0.231 e. The number of para-hydroxylation sites is 2. The van der Waals surface area contributed by atoms with Gasteiger partial charge in [-0.3, -0.25) is 4.79 Å². The summed E-state index contributed by atoms with van der Waals surface area (Å²) in [6.07, 6.45) is 3.92. The molecule has 1 aromatic carbocycles. The van der Waals surface area contributed by atoms with E-state index in [0.717, 1.165) is 25.7 Å². The van der Waals surface area contributed by atoms with E-state index in [0.29, 0.717) is 18.0 Å². The molecule has 1 saturated carbocycles. The lowest BCUT2D eigenvalue weighted by Crippen LogP contribution is -2.40. The SMILES string of the molecule is COc1ccccc1NC(=O)C1(CN)CCCC1. The summed E-state index contributed by atoms with van der Waals surface area (Å²) < 4.78 is 5.23. The van der Waals surface area contributed by atoms with Gasteiger partial charge in [-0.25, -0.2) is 0 Å².